The minimum atomic E-state index is 0. The number of hydrogen-bond donors (Lipinski definition) is 2. The molecule has 2 heterocycles. The van der Waals surface area contributed by atoms with Gasteiger partial charge in [0.1, 0.15) is 5.01 Å². The summed E-state index contributed by atoms with van der Waals surface area (Å²) < 4.78 is 7.12. The Morgan fingerprint density at radius 2 is 2.00 bits per heavy atom. The first-order valence-corrected chi connectivity index (χ1v) is 8.74. The topological polar surface area (TPSA) is 76.4 Å². The number of guanidine groups is 1. The van der Waals surface area contributed by atoms with Crippen molar-refractivity contribution in [2.45, 2.75) is 40.4 Å². The van der Waals surface area contributed by atoms with Crippen molar-refractivity contribution in [3.63, 3.8) is 0 Å². The van der Waals surface area contributed by atoms with Crippen LogP contribution in [-0.2, 0) is 24.4 Å². The first kappa shape index (κ1) is 21.8. The number of thiazole rings is 1. The van der Waals surface area contributed by atoms with Crippen molar-refractivity contribution in [2.24, 2.45) is 4.99 Å². The van der Waals surface area contributed by atoms with Crippen LogP contribution in [0, 0.1) is 20.8 Å². The number of aryl methyl sites for hydroxylation is 2. The lowest BCUT2D eigenvalue weighted by Gasteiger charge is -2.11. The maximum absolute atomic E-state index is 5.13. The summed E-state index contributed by atoms with van der Waals surface area (Å²) in [7, 11) is 3.47. The van der Waals surface area contributed by atoms with E-state index < -0.39 is 0 Å². The van der Waals surface area contributed by atoms with Crippen LogP contribution in [0.15, 0.2) is 11.2 Å². The first-order valence-electron chi connectivity index (χ1n) is 7.92. The molecule has 0 saturated heterocycles. The molecule has 7 nitrogen and oxygen atoms in total. The monoisotopic (exact) mass is 478 g/mol. The number of aliphatic imine (C=N–C) groups is 1. The zero-order chi connectivity index (χ0) is 17.5. The summed E-state index contributed by atoms with van der Waals surface area (Å²) in [6.07, 6.45) is 1.89. The molecule has 2 N–H and O–H groups in total. The molecule has 9 heteroatoms. The third-order valence-corrected chi connectivity index (χ3v) is 4.68. The van der Waals surface area contributed by atoms with Crippen molar-refractivity contribution >= 4 is 41.3 Å². The molecule has 0 aliphatic heterocycles. The Balaban J connectivity index is 0.00000312. The lowest BCUT2D eigenvalue weighted by molar-refractivity contribution is 0.182. The Bertz CT molecular complexity index is 697. The van der Waals surface area contributed by atoms with Crippen LogP contribution in [-0.4, -0.2) is 41.5 Å². The number of ether oxygens (including phenoxy) is 1. The average Bonchev–Trinajstić information content (AvgIpc) is 3.10. The molecule has 0 atom stereocenters. The molecule has 0 fully saturated rings. The molecule has 0 aromatic carbocycles. The van der Waals surface area contributed by atoms with Gasteiger partial charge in [-0.25, -0.2) is 4.98 Å². The van der Waals surface area contributed by atoms with Crippen LogP contribution in [0.4, 0.5) is 0 Å². The van der Waals surface area contributed by atoms with Gasteiger partial charge < -0.3 is 15.4 Å². The Kier molecular flexibility index (Phi) is 9.36. The summed E-state index contributed by atoms with van der Waals surface area (Å²) in [5.74, 6) is 0.756. The summed E-state index contributed by atoms with van der Waals surface area (Å²) in [4.78, 5) is 9.83. The minimum Gasteiger partial charge on any atom is -0.383 e. The van der Waals surface area contributed by atoms with Gasteiger partial charge in [-0.05, 0) is 20.8 Å². The fraction of sp³-hybridized carbons (Fsp3) is 0.562. The molecule has 0 aliphatic rings. The molecule has 140 valence electrons. The smallest absolute Gasteiger partial charge is 0.191 e. The first-order chi connectivity index (χ1) is 11.5. The highest BCUT2D eigenvalue weighted by Gasteiger charge is 2.12. The van der Waals surface area contributed by atoms with E-state index in [2.05, 4.69) is 39.6 Å². The van der Waals surface area contributed by atoms with Gasteiger partial charge in [0, 0.05) is 43.0 Å². The SMILES string of the molecule is CN=C(NCc1ncc(C)s1)NCc1c(C)nn(CCOC)c1C.I. The van der Waals surface area contributed by atoms with Gasteiger partial charge in [-0.2, -0.15) is 5.10 Å². The maximum atomic E-state index is 5.13. The Morgan fingerprint density at radius 1 is 1.28 bits per heavy atom. The average molecular weight is 478 g/mol. The van der Waals surface area contributed by atoms with E-state index in [1.807, 2.05) is 17.8 Å². The molecule has 0 aliphatic carbocycles. The summed E-state index contributed by atoms with van der Waals surface area (Å²) in [5, 5.41) is 12.3. The lowest BCUT2D eigenvalue weighted by atomic mass is 10.2. The molecular formula is C16H27IN6OS. The molecule has 0 spiro atoms. The molecular weight excluding hydrogens is 451 g/mol. The number of methoxy groups -OCH3 is 1. The van der Waals surface area contributed by atoms with Crippen LogP contribution >= 0.6 is 35.3 Å². The molecule has 2 aromatic rings. The third-order valence-electron chi connectivity index (χ3n) is 3.77. The van der Waals surface area contributed by atoms with Crippen molar-refractivity contribution in [3.8, 4) is 0 Å². The van der Waals surface area contributed by atoms with Gasteiger partial charge in [-0.15, -0.1) is 35.3 Å². The van der Waals surface area contributed by atoms with Gasteiger partial charge in [-0.3, -0.25) is 9.67 Å². The van der Waals surface area contributed by atoms with E-state index in [4.69, 9.17) is 4.74 Å². The van der Waals surface area contributed by atoms with Crippen molar-refractivity contribution < 1.29 is 4.74 Å². The molecule has 0 bridgehead atoms. The highest BCUT2D eigenvalue weighted by Crippen LogP contribution is 2.13. The molecule has 25 heavy (non-hydrogen) atoms. The van der Waals surface area contributed by atoms with E-state index in [0.29, 0.717) is 19.7 Å². The zero-order valence-corrected chi connectivity index (χ0v) is 18.6. The molecule has 0 amide bonds. The van der Waals surface area contributed by atoms with Gasteiger partial charge in [0.15, 0.2) is 5.96 Å². The Morgan fingerprint density at radius 3 is 2.60 bits per heavy atom. The largest absolute Gasteiger partial charge is 0.383 e. The second kappa shape index (κ2) is 10.7. The van der Waals surface area contributed by atoms with Gasteiger partial charge >= 0.3 is 0 Å². The summed E-state index contributed by atoms with van der Waals surface area (Å²) in [6, 6.07) is 0. The second-order valence-corrected chi connectivity index (χ2v) is 6.83. The zero-order valence-electron chi connectivity index (χ0n) is 15.4. The molecule has 0 radical (unpaired) electrons. The number of hydrogen-bond acceptors (Lipinski definition) is 5. The van der Waals surface area contributed by atoms with Crippen molar-refractivity contribution in [1.29, 1.82) is 0 Å². The molecule has 0 saturated carbocycles. The normalized spacial score (nSPS) is 11.3. The maximum Gasteiger partial charge on any atom is 0.191 e. The highest BCUT2D eigenvalue weighted by molar-refractivity contribution is 14.0. The predicted molar refractivity (Wildman–Crippen MR) is 113 cm³/mol. The lowest BCUT2D eigenvalue weighted by Crippen LogP contribution is -2.36. The summed E-state index contributed by atoms with van der Waals surface area (Å²) in [5.41, 5.74) is 3.38. The summed E-state index contributed by atoms with van der Waals surface area (Å²) >= 11 is 1.69. The van der Waals surface area contributed by atoms with Crippen LogP contribution in [0.5, 0.6) is 0 Å². The van der Waals surface area contributed by atoms with E-state index >= 15 is 0 Å². The van der Waals surface area contributed by atoms with E-state index in [1.54, 1.807) is 25.5 Å². The van der Waals surface area contributed by atoms with Crippen LogP contribution in [0.3, 0.4) is 0 Å². The predicted octanol–water partition coefficient (Wildman–Crippen LogP) is 2.39. The van der Waals surface area contributed by atoms with Crippen LogP contribution < -0.4 is 10.6 Å². The fourth-order valence-corrected chi connectivity index (χ4v) is 3.15. The molecule has 2 rings (SSSR count). The van der Waals surface area contributed by atoms with Gasteiger partial charge in [0.2, 0.25) is 0 Å². The van der Waals surface area contributed by atoms with Crippen molar-refractivity contribution in [3.05, 3.63) is 33.0 Å². The van der Waals surface area contributed by atoms with Crippen molar-refractivity contribution in [2.75, 3.05) is 20.8 Å². The van der Waals surface area contributed by atoms with E-state index in [-0.39, 0.29) is 24.0 Å². The van der Waals surface area contributed by atoms with E-state index in [0.717, 1.165) is 28.9 Å². The minimum absolute atomic E-state index is 0. The third kappa shape index (κ3) is 6.23. The van der Waals surface area contributed by atoms with Crippen LogP contribution in [0.2, 0.25) is 0 Å². The fourth-order valence-electron chi connectivity index (χ4n) is 2.42. The van der Waals surface area contributed by atoms with Crippen molar-refractivity contribution in [1.82, 2.24) is 25.4 Å². The molecule has 2 aromatic heterocycles. The number of aromatic nitrogens is 3. The van der Waals surface area contributed by atoms with E-state index in [1.165, 1.54) is 10.4 Å². The number of nitrogens with zero attached hydrogens (tertiary/aromatic N) is 4. The van der Waals surface area contributed by atoms with Gasteiger partial charge in [0.05, 0.1) is 25.4 Å². The number of rotatable bonds is 7. The molecule has 0 unspecified atom stereocenters. The number of halogens is 1. The Labute approximate surface area is 170 Å². The van der Waals surface area contributed by atoms with E-state index in [9.17, 15) is 0 Å². The summed E-state index contributed by atoms with van der Waals surface area (Å²) in [6.45, 7) is 8.94. The quantitative estimate of drug-likeness (QED) is 0.363. The number of nitrogens with one attached hydrogen (secondary N) is 2. The van der Waals surface area contributed by atoms with Crippen LogP contribution in [0.25, 0.3) is 0 Å². The Hall–Kier alpha value is -1.20. The standard InChI is InChI=1S/C16H26N6OS.HI/c1-11-8-18-15(24-11)10-20-16(17-4)19-9-14-12(2)21-22(13(14)3)6-7-23-5;/h8H,6-7,9-10H2,1-5H3,(H2,17,19,20);1H. The van der Waals surface area contributed by atoms with Crippen LogP contribution in [0.1, 0.15) is 26.8 Å². The van der Waals surface area contributed by atoms with Gasteiger partial charge in [0.25, 0.3) is 0 Å². The highest BCUT2D eigenvalue weighted by atomic mass is 127. The van der Waals surface area contributed by atoms with Gasteiger partial charge in [-0.1, -0.05) is 0 Å². The second-order valence-electron chi connectivity index (χ2n) is 5.51.